The Labute approximate surface area is 141 Å². The summed E-state index contributed by atoms with van der Waals surface area (Å²) in [6.45, 7) is 4.71. The van der Waals surface area contributed by atoms with E-state index in [-0.39, 0.29) is 25.5 Å². The first kappa shape index (κ1) is 21.6. The SMILES string of the molecule is CC.COCCN(Cc1ccc(F)cc1)C(=O)/C=C(\O)C(=O)OC. The average Bonchev–Trinajstić information content (AvgIpc) is 2.61. The van der Waals surface area contributed by atoms with E-state index in [1.165, 1.54) is 24.1 Å². The Morgan fingerprint density at radius 3 is 2.29 bits per heavy atom. The zero-order valence-electron chi connectivity index (χ0n) is 14.4. The number of aliphatic hydroxyl groups is 1. The molecule has 1 aromatic rings. The van der Waals surface area contributed by atoms with Gasteiger partial charge in [-0.25, -0.2) is 9.18 Å². The largest absolute Gasteiger partial charge is 0.502 e. The Morgan fingerprint density at radius 1 is 1.21 bits per heavy atom. The molecule has 0 aliphatic heterocycles. The van der Waals surface area contributed by atoms with E-state index >= 15 is 0 Å². The molecule has 1 amide bonds. The van der Waals surface area contributed by atoms with Gasteiger partial charge in [-0.1, -0.05) is 26.0 Å². The van der Waals surface area contributed by atoms with Crippen LogP contribution in [0.15, 0.2) is 36.1 Å². The van der Waals surface area contributed by atoms with Gasteiger partial charge in [0.05, 0.1) is 19.8 Å². The molecule has 0 spiro atoms. The van der Waals surface area contributed by atoms with E-state index in [9.17, 15) is 19.1 Å². The number of carbonyl (C=O) groups excluding carboxylic acids is 2. The summed E-state index contributed by atoms with van der Waals surface area (Å²) in [4.78, 5) is 24.6. The molecule has 7 heteroatoms. The van der Waals surface area contributed by atoms with Gasteiger partial charge >= 0.3 is 5.97 Å². The third-order valence-electron chi connectivity index (χ3n) is 2.82. The van der Waals surface area contributed by atoms with Crippen molar-refractivity contribution in [3.05, 3.63) is 47.5 Å². The summed E-state index contributed by atoms with van der Waals surface area (Å²) >= 11 is 0. The van der Waals surface area contributed by atoms with Crippen LogP contribution in [0, 0.1) is 5.82 Å². The van der Waals surface area contributed by atoms with Crippen LogP contribution in [0.2, 0.25) is 0 Å². The molecule has 1 rings (SSSR count). The number of amides is 1. The summed E-state index contributed by atoms with van der Waals surface area (Å²) in [5.41, 5.74) is 0.705. The highest BCUT2D eigenvalue weighted by Crippen LogP contribution is 2.08. The summed E-state index contributed by atoms with van der Waals surface area (Å²) in [5.74, 6) is -2.73. The quantitative estimate of drug-likeness (QED) is 0.468. The highest BCUT2D eigenvalue weighted by Gasteiger charge is 2.16. The van der Waals surface area contributed by atoms with Gasteiger partial charge in [-0.3, -0.25) is 4.79 Å². The van der Waals surface area contributed by atoms with Gasteiger partial charge in [-0.15, -0.1) is 0 Å². The van der Waals surface area contributed by atoms with Crippen LogP contribution in [0.4, 0.5) is 4.39 Å². The van der Waals surface area contributed by atoms with Crippen molar-refractivity contribution in [2.75, 3.05) is 27.4 Å². The van der Waals surface area contributed by atoms with Crippen molar-refractivity contribution >= 4 is 11.9 Å². The van der Waals surface area contributed by atoms with Crippen molar-refractivity contribution in [1.82, 2.24) is 4.90 Å². The van der Waals surface area contributed by atoms with Crippen LogP contribution in [-0.2, 0) is 25.6 Å². The van der Waals surface area contributed by atoms with Crippen LogP contribution in [0.25, 0.3) is 0 Å². The van der Waals surface area contributed by atoms with Crippen molar-refractivity contribution in [2.24, 2.45) is 0 Å². The molecule has 24 heavy (non-hydrogen) atoms. The van der Waals surface area contributed by atoms with Crippen molar-refractivity contribution < 1.29 is 28.6 Å². The minimum atomic E-state index is -0.998. The lowest BCUT2D eigenvalue weighted by atomic mass is 10.2. The predicted molar refractivity (Wildman–Crippen MR) is 87.8 cm³/mol. The molecule has 0 atom stereocenters. The highest BCUT2D eigenvalue weighted by atomic mass is 19.1. The molecule has 0 radical (unpaired) electrons. The third kappa shape index (κ3) is 7.73. The Hall–Kier alpha value is -2.41. The Kier molecular flexibility index (Phi) is 10.9. The lowest BCUT2D eigenvalue weighted by molar-refractivity contribution is -0.139. The molecule has 1 N–H and O–H groups in total. The van der Waals surface area contributed by atoms with Crippen LogP contribution in [0.1, 0.15) is 19.4 Å². The van der Waals surface area contributed by atoms with Crippen LogP contribution in [0.3, 0.4) is 0 Å². The van der Waals surface area contributed by atoms with Gasteiger partial charge in [0, 0.05) is 20.2 Å². The van der Waals surface area contributed by atoms with Crippen LogP contribution in [-0.4, -0.2) is 49.3 Å². The number of hydrogen-bond acceptors (Lipinski definition) is 5. The summed E-state index contributed by atoms with van der Waals surface area (Å²) in [6, 6.07) is 5.67. The summed E-state index contributed by atoms with van der Waals surface area (Å²) in [5, 5.41) is 9.42. The third-order valence-corrected chi connectivity index (χ3v) is 2.82. The minimum Gasteiger partial charge on any atom is -0.502 e. The minimum absolute atomic E-state index is 0.188. The van der Waals surface area contributed by atoms with Gasteiger partial charge in [-0.05, 0) is 17.7 Å². The fourth-order valence-corrected chi connectivity index (χ4v) is 1.65. The van der Waals surface area contributed by atoms with Crippen molar-refractivity contribution in [1.29, 1.82) is 0 Å². The number of ether oxygens (including phenoxy) is 2. The maximum absolute atomic E-state index is 12.9. The Balaban J connectivity index is 0.00000254. The van der Waals surface area contributed by atoms with E-state index in [0.29, 0.717) is 5.56 Å². The topological polar surface area (TPSA) is 76.1 Å². The second kappa shape index (κ2) is 12.1. The maximum atomic E-state index is 12.9. The zero-order valence-corrected chi connectivity index (χ0v) is 14.4. The fraction of sp³-hybridized carbons (Fsp3) is 0.412. The molecule has 0 saturated carbocycles. The van der Waals surface area contributed by atoms with Gasteiger partial charge in [0.15, 0.2) is 0 Å². The molecule has 0 aliphatic carbocycles. The molecular weight excluding hydrogens is 317 g/mol. The second-order valence-corrected chi connectivity index (χ2v) is 4.40. The first-order valence-electron chi connectivity index (χ1n) is 7.49. The Bertz CT molecular complexity index is 542. The maximum Gasteiger partial charge on any atom is 0.373 e. The summed E-state index contributed by atoms with van der Waals surface area (Å²) in [6.07, 6.45) is 0.783. The molecule has 0 aromatic heterocycles. The lowest BCUT2D eigenvalue weighted by Gasteiger charge is -2.21. The van der Waals surface area contributed by atoms with E-state index in [1.807, 2.05) is 13.8 Å². The molecule has 0 fully saturated rings. The first-order chi connectivity index (χ1) is 11.5. The molecule has 1 aromatic carbocycles. The zero-order chi connectivity index (χ0) is 18.5. The molecule has 0 heterocycles. The number of benzene rings is 1. The van der Waals surface area contributed by atoms with Crippen molar-refractivity contribution in [2.45, 2.75) is 20.4 Å². The summed E-state index contributed by atoms with van der Waals surface area (Å²) < 4.78 is 22.1. The predicted octanol–water partition coefficient (Wildman–Crippen LogP) is 2.44. The Morgan fingerprint density at radius 2 is 1.79 bits per heavy atom. The highest BCUT2D eigenvalue weighted by molar-refractivity contribution is 5.96. The van der Waals surface area contributed by atoms with Gasteiger partial charge in [0.1, 0.15) is 5.82 Å². The van der Waals surface area contributed by atoms with Crippen molar-refractivity contribution in [3.8, 4) is 0 Å². The van der Waals surface area contributed by atoms with Crippen LogP contribution >= 0.6 is 0 Å². The van der Waals surface area contributed by atoms with E-state index < -0.39 is 17.6 Å². The average molecular weight is 341 g/mol. The molecule has 134 valence electrons. The number of hydrogen-bond donors (Lipinski definition) is 1. The first-order valence-corrected chi connectivity index (χ1v) is 7.49. The lowest BCUT2D eigenvalue weighted by Crippen LogP contribution is -2.32. The monoisotopic (exact) mass is 341 g/mol. The number of aliphatic hydroxyl groups excluding tert-OH is 1. The smallest absolute Gasteiger partial charge is 0.373 e. The van der Waals surface area contributed by atoms with Gasteiger partial charge in [0.25, 0.3) is 5.91 Å². The number of esters is 1. The number of carbonyl (C=O) groups is 2. The van der Waals surface area contributed by atoms with E-state index in [4.69, 9.17) is 4.74 Å². The van der Waals surface area contributed by atoms with Crippen LogP contribution in [0.5, 0.6) is 0 Å². The molecule has 0 unspecified atom stereocenters. The normalized spacial score (nSPS) is 10.5. The molecule has 6 nitrogen and oxygen atoms in total. The second-order valence-electron chi connectivity index (χ2n) is 4.40. The van der Waals surface area contributed by atoms with E-state index in [1.54, 1.807) is 12.1 Å². The molecule has 0 saturated heterocycles. The summed E-state index contributed by atoms with van der Waals surface area (Å²) in [7, 11) is 2.58. The number of halogens is 1. The number of rotatable bonds is 7. The molecular formula is C17H24FNO5. The van der Waals surface area contributed by atoms with Crippen LogP contribution < -0.4 is 0 Å². The molecule has 0 bridgehead atoms. The number of methoxy groups -OCH3 is 2. The van der Waals surface area contributed by atoms with Gasteiger partial charge in [0.2, 0.25) is 5.76 Å². The molecule has 0 aliphatic rings. The fourth-order valence-electron chi connectivity index (χ4n) is 1.65. The standard InChI is InChI=1S/C15H18FNO5.C2H6/c1-21-8-7-17(10-11-3-5-12(16)6-4-11)14(19)9-13(18)15(20)22-2;1-2/h3-6,9,18H,7-8,10H2,1-2H3;1-2H3/b13-9-;. The van der Waals surface area contributed by atoms with Crippen molar-refractivity contribution in [3.63, 3.8) is 0 Å². The van der Waals surface area contributed by atoms with Gasteiger partial charge in [-0.2, -0.15) is 0 Å². The van der Waals surface area contributed by atoms with E-state index in [0.717, 1.165) is 13.2 Å². The van der Waals surface area contributed by atoms with Gasteiger partial charge < -0.3 is 19.5 Å². The number of nitrogens with zero attached hydrogens (tertiary/aromatic N) is 1. The van der Waals surface area contributed by atoms with E-state index in [2.05, 4.69) is 4.74 Å².